The van der Waals surface area contributed by atoms with Crippen LogP contribution in [0.4, 0.5) is 5.69 Å². The number of amides is 1. The Bertz CT molecular complexity index is 1300. The standard InChI is InChI=1S/C23H23Cl2N5O3S/c1-15(30-9-5-8-17(30)13-26)10-21(23(31)28-14-16-6-3-2-4-7-16)29-34(32,33)18-11-19(24)22(27)20(25)12-18/h2-9,11-12,15,21,29H,10,14,27H2,1H3,(H,28,31). The molecule has 1 aromatic heterocycles. The van der Waals surface area contributed by atoms with Gasteiger partial charge in [0, 0.05) is 18.8 Å². The van der Waals surface area contributed by atoms with Crippen LogP contribution in [-0.2, 0) is 21.4 Å². The van der Waals surface area contributed by atoms with E-state index in [1.807, 2.05) is 30.3 Å². The number of anilines is 1. The lowest BCUT2D eigenvalue weighted by Gasteiger charge is -2.23. The van der Waals surface area contributed by atoms with Gasteiger partial charge in [-0.15, -0.1) is 0 Å². The maximum atomic E-state index is 13.1. The van der Waals surface area contributed by atoms with Crippen LogP contribution < -0.4 is 15.8 Å². The highest BCUT2D eigenvalue weighted by Gasteiger charge is 2.29. The second-order valence-electron chi connectivity index (χ2n) is 7.68. The first-order valence-corrected chi connectivity index (χ1v) is 12.5. The number of carbonyl (C=O) groups is 1. The molecule has 3 aromatic rings. The first-order chi connectivity index (χ1) is 16.1. The van der Waals surface area contributed by atoms with Gasteiger partial charge in [-0.05, 0) is 43.2 Å². The van der Waals surface area contributed by atoms with Crippen LogP contribution >= 0.6 is 23.2 Å². The van der Waals surface area contributed by atoms with Gasteiger partial charge in [-0.3, -0.25) is 4.79 Å². The number of hydrogen-bond acceptors (Lipinski definition) is 5. The number of nitriles is 1. The number of carbonyl (C=O) groups excluding carboxylic acids is 1. The molecule has 0 spiro atoms. The molecule has 1 amide bonds. The molecule has 178 valence electrons. The topological polar surface area (TPSA) is 130 Å². The summed E-state index contributed by atoms with van der Waals surface area (Å²) in [6.07, 6.45) is 1.79. The van der Waals surface area contributed by atoms with E-state index in [9.17, 15) is 18.5 Å². The highest BCUT2D eigenvalue weighted by atomic mass is 35.5. The zero-order valence-corrected chi connectivity index (χ0v) is 20.5. The molecule has 2 aromatic carbocycles. The summed E-state index contributed by atoms with van der Waals surface area (Å²) in [5, 5.41) is 12.1. The normalized spacial score (nSPS) is 13.1. The Morgan fingerprint density at radius 1 is 1.15 bits per heavy atom. The molecule has 0 aliphatic rings. The average molecular weight is 520 g/mol. The van der Waals surface area contributed by atoms with Crippen LogP contribution in [0, 0.1) is 11.3 Å². The third-order valence-electron chi connectivity index (χ3n) is 5.23. The fourth-order valence-electron chi connectivity index (χ4n) is 3.42. The monoisotopic (exact) mass is 519 g/mol. The highest BCUT2D eigenvalue weighted by molar-refractivity contribution is 7.89. The Morgan fingerprint density at radius 3 is 2.41 bits per heavy atom. The van der Waals surface area contributed by atoms with Crippen LogP contribution in [0.1, 0.15) is 30.6 Å². The molecule has 8 nitrogen and oxygen atoms in total. The van der Waals surface area contributed by atoms with Crippen molar-refractivity contribution >= 4 is 44.8 Å². The number of sulfonamides is 1. The van der Waals surface area contributed by atoms with Crippen molar-refractivity contribution in [1.29, 1.82) is 5.26 Å². The second kappa shape index (κ2) is 10.9. The molecule has 0 radical (unpaired) electrons. The third kappa shape index (κ3) is 6.10. The van der Waals surface area contributed by atoms with Crippen LogP contribution in [0.15, 0.2) is 65.7 Å². The van der Waals surface area contributed by atoms with E-state index in [1.54, 1.807) is 29.8 Å². The SMILES string of the molecule is CC(CC(NS(=O)(=O)c1cc(Cl)c(N)c(Cl)c1)C(=O)NCc1ccccc1)n1cccc1C#N. The van der Waals surface area contributed by atoms with Gasteiger partial charge in [-0.25, -0.2) is 8.42 Å². The van der Waals surface area contributed by atoms with E-state index in [0.29, 0.717) is 5.69 Å². The molecule has 0 aliphatic heterocycles. The maximum Gasteiger partial charge on any atom is 0.241 e. The molecule has 0 fully saturated rings. The van der Waals surface area contributed by atoms with Gasteiger partial charge < -0.3 is 15.6 Å². The molecule has 11 heteroatoms. The summed E-state index contributed by atoms with van der Waals surface area (Å²) in [5.41, 5.74) is 7.03. The number of halogens is 2. The molecular weight excluding hydrogens is 497 g/mol. The van der Waals surface area contributed by atoms with E-state index in [2.05, 4.69) is 16.1 Å². The molecule has 0 aliphatic carbocycles. The molecule has 2 unspecified atom stereocenters. The number of nitrogens with zero attached hydrogens (tertiary/aromatic N) is 2. The molecular formula is C23H23Cl2N5O3S. The van der Waals surface area contributed by atoms with Gasteiger partial charge in [-0.2, -0.15) is 9.98 Å². The van der Waals surface area contributed by atoms with Gasteiger partial charge in [0.25, 0.3) is 0 Å². The van der Waals surface area contributed by atoms with Crippen LogP contribution in [-0.4, -0.2) is 24.9 Å². The molecule has 0 saturated carbocycles. The lowest BCUT2D eigenvalue weighted by Crippen LogP contribution is -2.47. The Hall–Kier alpha value is -3.03. The molecule has 4 N–H and O–H groups in total. The van der Waals surface area contributed by atoms with E-state index in [-0.39, 0.29) is 39.6 Å². The van der Waals surface area contributed by atoms with E-state index in [4.69, 9.17) is 28.9 Å². The lowest BCUT2D eigenvalue weighted by molar-refractivity contribution is -0.123. The summed E-state index contributed by atoms with van der Waals surface area (Å²) in [4.78, 5) is 12.9. The third-order valence-corrected chi connectivity index (χ3v) is 7.31. The van der Waals surface area contributed by atoms with E-state index < -0.39 is 22.0 Å². The number of nitrogens with two attached hydrogens (primary N) is 1. The summed E-state index contributed by atoms with van der Waals surface area (Å²) < 4.78 is 30.4. The first-order valence-electron chi connectivity index (χ1n) is 10.3. The van der Waals surface area contributed by atoms with Crippen LogP contribution in [0.3, 0.4) is 0 Å². The quantitative estimate of drug-likeness (QED) is 0.369. The van der Waals surface area contributed by atoms with Gasteiger partial charge >= 0.3 is 0 Å². The maximum absolute atomic E-state index is 13.1. The summed E-state index contributed by atoms with van der Waals surface area (Å²) in [6, 6.07) is 15.5. The number of hydrogen-bond donors (Lipinski definition) is 3. The largest absolute Gasteiger partial charge is 0.396 e. The van der Waals surface area contributed by atoms with Crippen LogP contribution in [0.5, 0.6) is 0 Å². The molecule has 1 heterocycles. The van der Waals surface area contributed by atoms with Crippen LogP contribution in [0.2, 0.25) is 10.0 Å². The van der Waals surface area contributed by atoms with Gasteiger partial charge in [-0.1, -0.05) is 53.5 Å². The summed E-state index contributed by atoms with van der Waals surface area (Å²) in [5.74, 6) is -0.516. The van der Waals surface area contributed by atoms with Crippen LogP contribution in [0.25, 0.3) is 0 Å². The van der Waals surface area contributed by atoms with Gasteiger partial charge in [0.05, 0.1) is 20.6 Å². The smallest absolute Gasteiger partial charge is 0.241 e. The minimum Gasteiger partial charge on any atom is -0.396 e. The summed E-state index contributed by atoms with van der Waals surface area (Å²) in [6.45, 7) is 2.02. The van der Waals surface area contributed by atoms with Gasteiger partial charge in [0.15, 0.2) is 0 Å². The Morgan fingerprint density at radius 2 is 1.79 bits per heavy atom. The number of nitrogens with one attached hydrogen (secondary N) is 2. The lowest BCUT2D eigenvalue weighted by atomic mass is 10.1. The minimum absolute atomic E-state index is 0.0164. The molecule has 0 saturated heterocycles. The van der Waals surface area contributed by atoms with Gasteiger partial charge in [0.1, 0.15) is 17.8 Å². The van der Waals surface area contributed by atoms with Crippen molar-refractivity contribution in [3.8, 4) is 6.07 Å². The first kappa shape index (κ1) is 25.6. The molecule has 3 rings (SSSR count). The van der Waals surface area contributed by atoms with Crippen molar-refractivity contribution in [1.82, 2.24) is 14.6 Å². The summed E-state index contributed by atoms with van der Waals surface area (Å²) >= 11 is 12.0. The van der Waals surface area contributed by atoms with E-state index in [1.165, 1.54) is 12.1 Å². The van der Waals surface area contributed by atoms with Crippen molar-refractivity contribution in [3.05, 3.63) is 82.1 Å². The molecule has 2 atom stereocenters. The fourth-order valence-corrected chi connectivity index (χ4v) is 5.29. The Balaban J connectivity index is 1.87. The van der Waals surface area contributed by atoms with Crippen molar-refractivity contribution in [2.45, 2.75) is 36.9 Å². The molecule has 0 bridgehead atoms. The fraction of sp³-hybridized carbons (Fsp3) is 0.217. The Kier molecular flexibility index (Phi) is 8.23. The highest BCUT2D eigenvalue weighted by Crippen LogP contribution is 2.31. The minimum atomic E-state index is -4.19. The summed E-state index contributed by atoms with van der Waals surface area (Å²) in [7, 11) is -4.19. The van der Waals surface area contributed by atoms with Gasteiger partial charge in [0.2, 0.25) is 15.9 Å². The number of nitrogen functional groups attached to an aromatic ring is 1. The number of benzene rings is 2. The zero-order valence-electron chi connectivity index (χ0n) is 18.2. The van der Waals surface area contributed by atoms with Crippen molar-refractivity contribution in [2.75, 3.05) is 5.73 Å². The number of rotatable bonds is 9. The second-order valence-corrected chi connectivity index (χ2v) is 10.2. The predicted molar refractivity (Wildman–Crippen MR) is 132 cm³/mol. The van der Waals surface area contributed by atoms with Crippen molar-refractivity contribution in [2.24, 2.45) is 0 Å². The van der Waals surface area contributed by atoms with Crippen molar-refractivity contribution < 1.29 is 13.2 Å². The zero-order chi connectivity index (χ0) is 24.9. The Labute approximate surface area is 208 Å². The molecule has 34 heavy (non-hydrogen) atoms. The van der Waals surface area contributed by atoms with E-state index >= 15 is 0 Å². The average Bonchev–Trinajstić information content (AvgIpc) is 3.30. The number of aromatic nitrogens is 1. The predicted octanol–water partition coefficient (Wildman–Crippen LogP) is 3.86. The van der Waals surface area contributed by atoms with Crippen molar-refractivity contribution in [3.63, 3.8) is 0 Å². The van der Waals surface area contributed by atoms with E-state index in [0.717, 1.165) is 5.56 Å².